The molecule has 0 bridgehead atoms. The molecule has 30 heavy (non-hydrogen) atoms. The monoisotopic (exact) mass is 416 g/mol. The standard InChI is InChI=1S/C27H44O3/c1-16-8-12-27(29-15-16)17(2)24-23(30-27)14-21-18-13-22(28)20-7-5-6-10-25(20,3)19(18)9-11-26(21,24)4/h16-24,28H,5-15H2,1-4H3/t16?,17-,18?,19?,20?,21?,22+,23-,24-,25+,26-,27+/m0/s1. The van der Waals surface area contributed by atoms with Gasteiger partial charge < -0.3 is 14.6 Å². The summed E-state index contributed by atoms with van der Waals surface area (Å²) in [6.45, 7) is 10.8. The predicted octanol–water partition coefficient (Wildman–Crippen LogP) is 5.79. The third-order valence-corrected chi connectivity index (χ3v) is 11.9. The Balaban J connectivity index is 1.29. The molecule has 3 heteroatoms. The molecule has 0 aromatic heterocycles. The van der Waals surface area contributed by atoms with Gasteiger partial charge in [0.15, 0.2) is 5.79 Å². The maximum atomic E-state index is 11.2. The number of fused-ring (bicyclic) bond motifs is 7. The summed E-state index contributed by atoms with van der Waals surface area (Å²) in [5, 5.41) is 11.2. The topological polar surface area (TPSA) is 38.7 Å². The zero-order valence-corrected chi connectivity index (χ0v) is 19.7. The van der Waals surface area contributed by atoms with Gasteiger partial charge in [0.25, 0.3) is 0 Å². The molecule has 12 atom stereocenters. The largest absolute Gasteiger partial charge is 0.393 e. The van der Waals surface area contributed by atoms with E-state index in [0.29, 0.717) is 46.5 Å². The van der Waals surface area contributed by atoms with Crippen LogP contribution in [0.15, 0.2) is 0 Å². The Labute approximate surface area is 183 Å². The first-order valence-electron chi connectivity index (χ1n) is 13.3. The Kier molecular flexibility index (Phi) is 4.58. The number of aliphatic hydroxyl groups is 1. The summed E-state index contributed by atoms with van der Waals surface area (Å²) in [6.07, 6.45) is 12.9. The normalized spacial score (nSPS) is 62.5. The van der Waals surface area contributed by atoms with Crippen LogP contribution in [0.3, 0.4) is 0 Å². The van der Waals surface area contributed by atoms with Crippen LogP contribution in [-0.4, -0.2) is 29.7 Å². The van der Waals surface area contributed by atoms with Gasteiger partial charge >= 0.3 is 0 Å². The zero-order chi connectivity index (χ0) is 20.9. The van der Waals surface area contributed by atoms with E-state index < -0.39 is 0 Å². The van der Waals surface area contributed by atoms with Crippen LogP contribution in [0.5, 0.6) is 0 Å². The first-order valence-corrected chi connectivity index (χ1v) is 13.3. The van der Waals surface area contributed by atoms with E-state index >= 15 is 0 Å². The van der Waals surface area contributed by atoms with Crippen molar-refractivity contribution in [3.05, 3.63) is 0 Å². The predicted molar refractivity (Wildman–Crippen MR) is 118 cm³/mol. The zero-order valence-electron chi connectivity index (χ0n) is 19.7. The van der Waals surface area contributed by atoms with Gasteiger partial charge in [-0.05, 0) is 91.3 Å². The molecule has 2 heterocycles. The van der Waals surface area contributed by atoms with E-state index in [2.05, 4.69) is 27.7 Å². The quantitative estimate of drug-likeness (QED) is 0.543. The van der Waals surface area contributed by atoms with Gasteiger partial charge in [0.1, 0.15) is 0 Å². The van der Waals surface area contributed by atoms with E-state index in [0.717, 1.165) is 31.3 Å². The van der Waals surface area contributed by atoms with Crippen molar-refractivity contribution in [2.24, 2.45) is 52.3 Å². The molecule has 1 spiro atoms. The molecule has 6 fully saturated rings. The van der Waals surface area contributed by atoms with E-state index in [9.17, 15) is 5.11 Å². The second-order valence-electron chi connectivity index (χ2n) is 13.1. The Bertz CT molecular complexity index is 684. The molecular formula is C27H44O3. The van der Waals surface area contributed by atoms with Gasteiger partial charge in [-0.25, -0.2) is 0 Å². The summed E-state index contributed by atoms with van der Waals surface area (Å²) in [7, 11) is 0. The summed E-state index contributed by atoms with van der Waals surface area (Å²) < 4.78 is 13.3. The van der Waals surface area contributed by atoms with E-state index in [-0.39, 0.29) is 11.9 Å². The van der Waals surface area contributed by atoms with Crippen molar-refractivity contribution in [2.45, 2.75) is 110 Å². The summed E-state index contributed by atoms with van der Waals surface area (Å²) >= 11 is 0. The summed E-state index contributed by atoms with van der Waals surface area (Å²) in [6, 6.07) is 0. The maximum Gasteiger partial charge on any atom is 0.171 e. The summed E-state index contributed by atoms with van der Waals surface area (Å²) in [4.78, 5) is 0. The Hall–Kier alpha value is -0.120. The number of hydrogen-bond donors (Lipinski definition) is 1. The van der Waals surface area contributed by atoms with E-state index in [4.69, 9.17) is 9.47 Å². The number of hydrogen-bond acceptors (Lipinski definition) is 3. The smallest absolute Gasteiger partial charge is 0.171 e. The van der Waals surface area contributed by atoms with Crippen LogP contribution in [0.25, 0.3) is 0 Å². The second-order valence-corrected chi connectivity index (χ2v) is 13.1. The van der Waals surface area contributed by atoms with Crippen molar-refractivity contribution >= 4 is 0 Å². The lowest BCUT2D eigenvalue weighted by Gasteiger charge is -2.62. The van der Waals surface area contributed by atoms with Crippen molar-refractivity contribution in [1.29, 1.82) is 0 Å². The van der Waals surface area contributed by atoms with Crippen LogP contribution < -0.4 is 0 Å². The number of rotatable bonds is 0. The van der Waals surface area contributed by atoms with Gasteiger partial charge in [0, 0.05) is 12.3 Å². The van der Waals surface area contributed by atoms with Crippen LogP contribution in [-0.2, 0) is 9.47 Å². The lowest BCUT2D eigenvalue weighted by atomic mass is 9.44. The highest BCUT2D eigenvalue weighted by Gasteiger charge is 2.69. The third-order valence-electron chi connectivity index (χ3n) is 11.9. The van der Waals surface area contributed by atoms with Gasteiger partial charge in [-0.1, -0.05) is 40.5 Å². The molecule has 0 amide bonds. The lowest BCUT2D eigenvalue weighted by molar-refractivity contribution is -0.273. The summed E-state index contributed by atoms with van der Waals surface area (Å²) in [5.41, 5.74) is 0.731. The molecule has 6 aliphatic rings. The van der Waals surface area contributed by atoms with E-state index in [1.165, 1.54) is 51.4 Å². The fourth-order valence-electron chi connectivity index (χ4n) is 10.4. The minimum atomic E-state index is -0.306. The fourth-order valence-corrected chi connectivity index (χ4v) is 10.4. The van der Waals surface area contributed by atoms with Gasteiger partial charge in [-0.15, -0.1) is 0 Å². The van der Waals surface area contributed by atoms with Crippen LogP contribution in [0, 0.1) is 52.3 Å². The Morgan fingerprint density at radius 3 is 2.43 bits per heavy atom. The average molecular weight is 417 g/mol. The molecule has 1 N–H and O–H groups in total. The van der Waals surface area contributed by atoms with Crippen molar-refractivity contribution in [1.82, 2.24) is 0 Å². The van der Waals surface area contributed by atoms with Crippen LogP contribution >= 0.6 is 0 Å². The van der Waals surface area contributed by atoms with Gasteiger partial charge in [-0.3, -0.25) is 0 Å². The first kappa shape index (κ1) is 20.5. The first-order chi connectivity index (χ1) is 14.3. The third kappa shape index (κ3) is 2.55. The molecule has 170 valence electrons. The lowest BCUT2D eigenvalue weighted by Crippen LogP contribution is -2.57. The van der Waals surface area contributed by atoms with Crippen LogP contribution in [0.1, 0.15) is 91.9 Å². The highest BCUT2D eigenvalue weighted by atomic mass is 16.7. The van der Waals surface area contributed by atoms with Crippen molar-refractivity contribution < 1.29 is 14.6 Å². The van der Waals surface area contributed by atoms with Gasteiger partial charge in [0.05, 0.1) is 18.8 Å². The van der Waals surface area contributed by atoms with Crippen molar-refractivity contribution in [3.63, 3.8) is 0 Å². The average Bonchev–Trinajstić information content (AvgIpc) is 3.15. The molecule has 3 nitrogen and oxygen atoms in total. The van der Waals surface area contributed by atoms with Crippen LogP contribution in [0.4, 0.5) is 0 Å². The molecule has 6 rings (SSSR count). The second kappa shape index (κ2) is 6.70. The minimum Gasteiger partial charge on any atom is -0.393 e. The minimum absolute atomic E-state index is 0.0767. The maximum absolute atomic E-state index is 11.2. The molecule has 0 aromatic rings. The Morgan fingerprint density at radius 2 is 1.67 bits per heavy atom. The molecule has 5 unspecified atom stereocenters. The molecule has 0 radical (unpaired) electrons. The Morgan fingerprint density at radius 1 is 0.833 bits per heavy atom. The van der Waals surface area contributed by atoms with Crippen LogP contribution in [0.2, 0.25) is 0 Å². The fraction of sp³-hybridized carbons (Fsp3) is 1.00. The number of ether oxygens (including phenoxy) is 2. The molecule has 2 aliphatic heterocycles. The van der Waals surface area contributed by atoms with Gasteiger partial charge in [-0.2, -0.15) is 0 Å². The van der Waals surface area contributed by atoms with Crippen molar-refractivity contribution in [2.75, 3.05) is 6.61 Å². The highest BCUT2D eigenvalue weighted by Crippen LogP contribution is 2.71. The van der Waals surface area contributed by atoms with Crippen molar-refractivity contribution in [3.8, 4) is 0 Å². The SMILES string of the molecule is CC1CC[C@@]2(OC1)O[C@H]1CC3C4C[C@@H](O)C5CCCC[C@]5(C)C4CC[C@]3(C)[C@H]1[C@@H]2C. The van der Waals surface area contributed by atoms with Gasteiger partial charge in [0.2, 0.25) is 0 Å². The molecule has 2 saturated heterocycles. The highest BCUT2D eigenvalue weighted by molar-refractivity contribution is 5.16. The van der Waals surface area contributed by atoms with E-state index in [1.54, 1.807) is 0 Å². The summed E-state index contributed by atoms with van der Waals surface area (Å²) in [5.74, 6) is 4.27. The molecule has 4 saturated carbocycles. The molecule has 4 aliphatic carbocycles. The van der Waals surface area contributed by atoms with E-state index in [1.807, 2.05) is 0 Å². The number of aliphatic hydroxyl groups excluding tert-OH is 1. The molecule has 0 aromatic carbocycles. The molecular weight excluding hydrogens is 372 g/mol.